The zero-order chi connectivity index (χ0) is 14.9. The number of nitro groups is 1. The molecule has 0 aliphatic carbocycles. The van der Waals surface area contributed by atoms with E-state index in [1.165, 1.54) is 0 Å². The van der Waals surface area contributed by atoms with E-state index in [1.807, 2.05) is 6.92 Å². The van der Waals surface area contributed by atoms with Crippen molar-refractivity contribution in [2.24, 2.45) is 5.16 Å². The van der Waals surface area contributed by atoms with Gasteiger partial charge in [0.2, 0.25) is 14.9 Å². The van der Waals surface area contributed by atoms with Crippen LogP contribution in [0, 0.1) is 17.0 Å². The molecule has 106 valence electrons. The van der Waals surface area contributed by atoms with Gasteiger partial charge in [0, 0.05) is 5.69 Å². The van der Waals surface area contributed by atoms with Crippen LogP contribution in [0.4, 0.5) is 5.69 Å². The number of hydrogen-bond acceptors (Lipinski definition) is 7. The number of oxime groups is 1. The summed E-state index contributed by atoms with van der Waals surface area (Å²) in [5, 5.41) is 24.3. The SMILES string of the molecule is Cc1ccc(NC2=C([N+](=O)[O-])CS(=O)(=O)C2=NO)cc1. The van der Waals surface area contributed by atoms with Gasteiger partial charge in [-0.3, -0.25) is 10.1 Å². The van der Waals surface area contributed by atoms with E-state index in [0.29, 0.717) is 5.69 Å². The van der Waals surface area contributed by atoms with Crippen molar-refractivity contribution in [1.82, 2.24) is 0 Å². The Labute approximate surface area is 114 Å². The zero-order valence-electron chi connectivity index (χ0n) is 10.4. The van der Waals surface area contributed by atoms with Crippen LogP contribution in [-0.2, 0) is 9.84 Å². The molecule has 0 atom stereocenters. The van der Waals surface area contributed by atoms with E-state index >= 15 is 0 Å². The smallest absolute Gasteiger partial charge is 0.287 e. The number of rotatable bonds is 3. The third kappa shape index (κ3) is 2.48. The highest BCUT2D eigenvalue weighted by atomic mass is 32.2. The molecule has 1 aromatic rings. The Bertz CT molecular complexity index is 719. The fraction of sp³-hybridized carbons (Fsp3) is 0.182. The van der Waals surface area contributed by atoms with Crippen LogP contribution in [0.5, 0.6) is 0 Å². The average molecular weight is 297 g/mol. The molecule has 0 fully saturated rings. The number of nitrogens with zero attached hydrogens (tertiary/aromatic N) is 2. The Morgan fingerprint density at radius 1 is 1.35 bits per heavy atom. The Balaban J connectivity index is 2.47. The van der Waals surface area contributed by atoms with Crippen molar-refractivity contribution in [2.45, 2.75) is 6.92 Å². The lowest BCUT2D eigenvalue weighted by atomic mass is 10.2. The molecule has 1 aromatic carbocycles. The number of anilines is 1. The number of sulfone groups is 1. The summed E-state index contributed by atoms with van der Waals surface area (Å²) in [7, 11) is -3.99. The predicted octanol–water partition coefficient (Wildman–Crippen LogP) is 1.11. The Morgan fingerprint density at radius 2 is 1.95 bits per heavy atom. The molecule has 1 aliphatic heterocycles. The van der Waals surface area contributed by atoms with Crippen molar-refractivity contribution in [3.8, 4) is 0 Å². The first-order valence-corrected chi connectivity index (χ1v) is 7.17. The topological polar surface area (TPSA) is 122 Å². The van der Waals surface area contributed by atoms with Gasteiger partial charge in [-0.15, -0.1) is 0 Å². The summed E-state index contributed by atoms with van der Waals surface area (Å²) in [5.74, 6) is -0.798. The quantitative estimate of drug-likeness (QED) is 0.489. The third-order valence-corrected chi connectivity index (χ3v) is 4.28. The molecule has 20 heavy (non-hydrogen) atoms. The second-order valence-electron chi connectivity index (χ2n) is 4.23. The third-order valence-electron chi connectivity index (χ3n) is 2.76. The molecule has 0 aromatic heterocycles. The van der Waals surface area contributed by atoms with E-state index in [9.17, 15) is 18.5 Å². The molecular weight excluding hydrogens is 286 g/mol. The summed E-state index contributed by atoms with van der Waals surface area (Å²) in [6, 6.07) is 6.79. The fourth-order valence-electron chi connectivity index (χ4n) is 1.76. The number of nitrogens with one attached hydrogen (secondary N) is 1. The Hall–Kier alpha value is -2.42. The van der Waals surface area contributed by atoms with Gasteiger partial charge in [0.15, 0.2) is 5.70 Å². The summed E-state index contributed by atoms with van der Waals surface area (Å²) in [6.07, 6.45) is 0. The Morgan fingerprint density at radius 3 is 2.45 bits per heavy atom. The van der Waals surface area contributed by atoms with Gasteiger partial charge in [-0.2, -0.15) is 0 Å². The summed E-state index contributed by atoms with van der Waals surface area (Å²) in [6.45, 7) is 1.87. The van der Waals surface area contributed by atoms with Crippen LogP contribution >= 0.6 is 0 Å². The molecular formula is C11H11N3O5S. The minimum atomic E-state index is -3.99. The number of hydrogen-bond donors (Lipinski definition) is 2. The molecule has 0 bridgehead atoms. The van der Waals surface area contributed by atoms with Crippen molar-refractivity contribution in [2.75, 3.05) is 11.1 Å². The molecule has 9 heteroatoms. The molecule has 0 radical (unpaired) electrons. The van der Waals surface area contributed by atoms with Crippen molar-refractivity contribution >= 4 is 20.6 Å². The highest BCUT2D eigenvalue weighted by molar-refractivity contribution is 8.07. The molecule has 0 unspecified atom stereocenters. The lowest BCUT2D eigenvalue weighted by molar-refractivity contribution is -0.423. The molecule has 1 heterocycles. The highest BCUT2D eigenvalue weighted by Crippen LogP contribution is 2.25. The van der Waals surface area contributed by atoms with Crippen LogP contribution in [0.2, 0.25) is 0 Å². The Kier molecular flexibility index (Phi) is 3.45. The molecule has 8 nitrogen and oxygen atoms in total. The van der Waals surface area contributed by atoms with E-state index in [1.54, 1.807) is 24.3 Å². The van der Waals surface area contributed by atoms with E-state index in [-0.39, 0.29) is 5.70 Å². The molecule has 0 spiro atoms. The molecule has 2 rings (SSSR count). The summed E-state index contributed by atoms with van der Waals surface area (Å²) < 4.78 is 23.4. The van der Waals surface area contributed by atoms with Gasteiger partial charge in [0.1, 0.15) is 5.75 Å². The highest BCUT2D eigenvalue weighted by Gasteiger charge is 2.43. The van der Waals surface area contributed by atoms with Crippen molar-refractivity contribution in [3.05, 3.63) is 51.3 Å². The van der Waals surface area contributed by atoms with Gasteiger partial charge in [-0.1, -0.05) is 22.9 Å². The van der Waals surface area contributed by atoms with Gasteiger partial charge in [-0.05, 0) is 19.1 Å². The second kappa shape index (κ2) is 4.93. The summed E-state index contributed by atoms with van der Waals surface area (Å²) in [5.41, 5.74) is 0.594. The van der Waals surface area contributed by atoms with E-state index in [4.69, 9.17) is 5.21 Å². The maximum Gasteiger partial charge on any atom is 0.287 e. The number of benzene rings is 1. The van der Waals surface area contributed by atoms with Crippen LogP contribution in [0.25, 0.3) is 0 Å². The predicted molar refractivity (Wildman–Crippen MR) is 71.8 cm³/mol. The van der Waals surface area contributed by atoms with E-state index in [0.717, 1.165) is 5.56 Å². The maximum atomic E-state index is 11.7. The first-order valence-electron chi connectivity index (χ1n) is 5.51. The molecule has 0 saturated heterocycles. The molecule has 0 saturated carbocycles. The molecule has 1 aliphatic rings. The second-order valence-corrected chi connectivity index (χ2v) is 6.14. The van der Waals surface area contributed by atoms with Crippen LogP contribution in [-0.4, -0.2) is 29.3 Å². The summed E-state index contributed by atoms with van der Waals surface area (Å²) in [4.78, 5) is 10.1. The van der Waals surface area contributed by atoms with E-state index < -0.39 is 31.3 Å². The van der Waals surface area contributed by atoms with Crippen molar-refractivity contribution in [1.29, 1.82) is 0 Å². The monoisotopic (exact) mass is 297 g/mol. The van der Waals surface area contributed by atoms with E-state index in [2.05, 4.69) is 10.5 Å². The van der Waals surface area contributed by atoms with Gasteiger partial charge in [-0.25, -0.2) is 8.42 Å². The minimum Gasteiger partial charge on any atom is -0.410 e. The van der Waals surface area contributed by atoms with Gasteiger partial charge in [0.05, 0.1) is 4.92 Å². The van der Waals surface area contributed by atoms with Crippen LogP contribution in [0.15, 0.2) is 40.8 Å². The largest absolute Gasteiger partial charge is 0.410 e. The first-order chi connectivity index (χ1) is 9.35. The first kappa shape index (κ1) is 14.0. The van der Waals surface area contributed by atoms with Crippen LogP contribution in [0.1, 0.15) is 5.56 Å². The van der Waals surface area contributed by atoms with Gasteiger partial charge in [0.25, 0.3) is 5.70 Å². The minimum absolute atomic E-state index is 0.304. The van der Waals surface area contributed by atoms with Crippen molar-refractivity contribution < 1.29 is 18.5 Å². The van der Waals surface area contributed by atoms with Crippen molar-refractivity contribution in [3.63, 3.8) is 0 Å². The summed E-state index contributed by atoms with van der Waals surface area (Å²) >= 11 is 0. The lowest BCUT2D eigenvalue weighted by Gasteiger charge is -2.06. The fourth-order valence-corrected chi connectivity index (χ4v) is 3.11. The number of aryl methyl sites for hydroxylation is 1. The maximum absolute atomic E-state index is 11.7. The zero-order valence-corrected chi connectivity index (χ0v) is 11.2. The molecule has 2 N–H and O–H groups in total. The van der Waals surface area contributed by atoms with Crippen LogP contribution in [0.3, 0.4) is 0 Å². The van der Waals surface area contributed by atoms with Gasteiger partial charge < -0.3 is 10.5 Å². The molecule has 0 amide bonds. The van der Waals surface area contributed by atoms with Gasteiger partial charge >= 0.3 is 0 Å². The average Bonchev–Trinajstić information content (AvgIpc) is 2.63. The normalized spacial score (nSPS) is 19.4. The standard InChI is InChI=1S/C11H11N3O5S/c1-7-2-4-8(5-3-7)12-10-9(14(16)17)6-20(18,19)11(10)13-15/h2-5,12,15H,6H2,1H3. The lowest BCUT2D eigenvalue weighted by Crippen LogP contribution is -2.16. The van der Waals surface area contributed by atoms with Crippen LogP contribution < -0.4 is 5.32 Å².